The van der Waals surface area contributed by atoms with Crippen LogP contribution in [0, 0.1) is 12.7 Å². The van der Waals surface area contributed by atoms with Crippen molar-refractivity contribution in [1.82, 2.24) is 14.8 Å². The Hall–Kier alpha value is -2.97. The van der Waals surface area contributed by atoms with Crippen LogP contribution < -0.4 is 4.74 Å². The average molecular weight is 454 g/mol. The monoisotopic (exact) mass is 453 g/mol. The predicted molar refractivity (Wildman–Crippen MR) is 123 cm³/mol. The maximum atomic E-state index is 13.8. The van der Waals surface area contributed by atoms with Gasteiger partial charge in [0.05, 0.1) is 10.6 Å². The molecule has 0 amide bonds. The van der Waals surface area contributed by atoms with Crippen molar-refractivity contribution < 1.29 is 13.9 Å². The van der Waals surface area contributed by atoms with Gasteiger partial charge in [0.1, 0.15) is 6.61 Å². The Labute approximate surface area is 187 Å². The highest BCUT2D eigenvalue weighted by Crippen LogP contribution is 2.32. The van der Waals surface area contributed by atoms with Gasteiger partial charge in [0.25, 0.3) is 0 Å². The van der Waals surface area contributed by atoms with Crippen molar-refractivity contribution in [2.75, 3.05) is 5.75 Å². The maximum absolute atomic E-state index is 13.8. The van der Waals surface area contributed by atoms with E-state index in [-0.39, 0.29) is 23.9 Å². The summed E-state index contributed by atoms with van der Waals surface area (Å²) >= 11 is 2.84. The van der Waals surface area contributed by atoms with Crippen LogP contribution in [0.5, 0.6) is 5.75 Å². The summed E-state index contributed by atoms with van der Waals surface area (Å²) in [6, 6.07) is 14.2. The number of halogens is 1. The number of thiophene rings is 1. The lowest BCUT2D eigenvalue weighted by Gasteiger charge is -2.09. The number of hydrogen-bond acceptors (Lipinski definition) is 6. The van der Waals surface area contributed by atoms with E-state index < -0.39 is 5.82 Å². The molecular weight excluding hydrogens is 433 g/mol. The highest BCUT2D eigenvalue weighted by atomic mass is 32.2. The number of allylic oxidation sites excluding steroid dienone is 1. The molecule has 0 atom stereocenters. The van der Waals surface area contributed by atoms with Gasteiger partial charge >= 0.3 is 0 Å². The molecule has 0 saturated carbocycles. The Morgan fingerprint density at radius 3 is 2.77 bits per heavy atom. The quantitative estimate of drug-likeness (QED) is 0.185. The number of fused-ring (bicyclic) bond motifs is 1. The number of benzene rings is 2. The second kappa shape index (κ2) is 9.45. The normalized spacial score (nSPS) is 11.0. The summed E-state index contributed by atoms with van der Waals surface area (Å²) in [4.78, 5) is 13.6. The molecule has 0 spiro atoms. The van der Waals surface area contributed by atoms with Crippen LogP contribution in [0.2, 0.25) is 0 Å². The van der Waals surface area contributed by atoms with Gasteiger partial charge in [0.15, 0.2) is 28.3 Å². The number of aromatic nitrogens is 3. The van der Waals surface area contributed by atoms with Crippen LogP contribution >= 0.6 is 23.1 Å². The Kier molecular flexibility index (Phi) is 6.48. The first-order chi connectivity index (χ1) is 15.1. The number of carbonyl (C=O) groups is 1. The van der Waals surface area contributed by atoms with E-state index in [1.54, 1.807) is 24.3 Å². The van der Waals surface area contributed by atoms with Crippen LogP contribution in [0.1, 0.15) is 21.1 Å². The van der Waals surface area contributed by atoms with E-state index in [1.807, 2.05) is 35.8 Å². The summed E-state index contributed by atoms with van der Waals surface area (Å²) in [5, 5.41) is 10.1. The van der Waals surface area contributed by atoms with E-state index >= 15 is 0 Å². The average Bonchev–Trinajstić information content (AvgIpc) is 3.33. The van der Waals surface area contributed by atoms with Crippen LogP contribution in [0.25, 0.3) is 10.1 Å². The molecule has 2 aromatic heterocycles. The van der Waals surface area contributed by atoms with Gasteiger partial charge in [-0.25, -0.2) is 4.39 Å². The van der Waals surface area contributed by atoms with E-state index in [1.165, 1.54) is 29.2 Å². The Bertz CT molecular complexity index is 1250. The molecule has 4 aromatic rings. The zero-order chi connectivity index (χ0) is 21.8. The van der Waals surface area contributed by atoms with Gasteiger partial charge in [0.2, 0.25) is 0 Å². The molecule has 31 heavy (non-hydrogen) atoms. The fourth-order valence-electron chi connectivity index (χ4n) is 3.19. The number of thioether (sulfide) groups is 1. The van der Waals surface area contributed by atoms with Crippen LogP contribution in [-0.2, 0) is 13.2 Å². The van der Waals surface area contributed by atoms with Crippen molar-refractivity contribution >= 4 is 39.0 Å². The van der Waals surface area contributed by atoms with Gasteiger partial charge in [-0.15, -0.1) is 28.1 Å². The number of ketones is 1. The van der Waals surface area contributed by atoms with E-state index in [0.29, 0.717) is 17.5 Å². The number of para-hydroxylation sites is 1. The van der Waals surface area contributed by atoms with Crippen molar-refractivity contribution in [3.8, 4) is 5.75 Å². The minimum atomic E-state index is -0.434. The fraction of sp³-hybridized carbons (Fsp3) is 0.174. The number of hydrogen-bond donors (Lipinski definition) is 0. The Balaban J connectivity index is 1.47. The predicted octanol–water partition coefficient (Wildman–Crippen LogP) is 5.68. The second-order valence-electron chi connectivity index (χ2n) is 6.78. The first kappa shape index (κ1) is 21.3. The van der Waals surface area contributed by atoms with E-state index in [4.69, 9.17) is 4.74 Å². The lowest BCUT2D eigenvalue weighted by Crippen LogP contribution is -2.09. The van der Waals surface area contributed by atoms with Gasteiger partial charge in [-0.1, -0.05) is 48.2 Å². The van der Waals surface area contributed by atoms with Crippen LogP contribution in [0.3, 0.4) is 0 Å². The Morgan fingerprint density at radius 2 is 2.00 bits per heavy atom. The molecule has 0 fully saturated rings. The number of carbonyl (C=O) groups excluding carboxylic acids is 1. The van der Waals surface area contributed by atoms with Crippen molar-refractivity contribution in [2.24, 2.45) is 0 Å². The van der Waals surface area contributed by atoms with Gasteiger partial charge in [-0.2, -0.15) is 0 Å². The molecule has 0 unspecified atom stereocenters. The summed E-state index contributed by atoms with van der Waals surface area (Å²) in [6.07, 6.45) is 1.72. The molecule has 0 radical (unpaired) electrons. The lowest BCUT2D eigenvalue weighted by molar-refractivity contribution is 0.102. The zero-order valence-corrected chi connectivity index (χ0v) is 18.5. The molecule has 158 valence electrons. The van der Waals surface area contributed by atoms with Gasteiger partial charge in [-0.05, 0) is 36.1 Å². The summed E-state index contributed by atoms with van der Waals surface area (Å²) in [5.41, 5.74) is 1.01. The first-order valence-electron chi connectivity index (χ1n) is 9.63. The molecule has 0 aliphatic carbocycles. The van der Waals surface area contributed by atoms with Crippen LogP contribution in [-0.4, -0.2) is 26.3 Å². The number of Topliss-reactive ketones (excluding diaryl/α,β-unsaturated/α-hetero) is 1. The highest BCUT2D eigenvalue weighted by molar-refractivity contribution is 7.99. The Morgan fingerprint density at radius 1 is 1.23 bits per heavy atom. The van der Waals surface area contributed by atoms with Crippen molar-refractivity contribution in [2.45, 2.75) is 25.2 Å². The number of nitrogens with zero attached hydrogens (tertiary/aromatic N) is 3. The van der Waals surface area contributed by atoms with Gasteiger partial charge in [-0.3, -0.25) is 9.36 Å². The molecular formula is C23H20FN3O2S2. The molecule has 0 aliphatic rings. The number of rotatable bonds is 9. The van der Waals surface area contributed by atoms with Crippen LogP contribution in [0.4, 0.5) is 4.39 Å². The minimum Gasteiger partial charge on any atom is -0.483 e. The van der Waals surface area contributed by atoms with Crippen molar-refractivity contribution in [3.63, 3.8) is 0 Å². The minimum absolute atomic E-state index is 0.0565. The SMILES string of the molecule is C=CCn1c(COc2ccccc2F)nnc1SCC(=O)c1sc2ccccc2c1C. The largest absolute Gasteiger partial charge is 0.483 e. The molecule has 2 heterocycles. The van der Waals surface area contributed by atoms with Crippen LogP contribution in [0.15, 0.2) is 66.3 Å². The number of ether oxygens (including phenoxy) is 1. The van der Waals surface area contributed by atoms with Gasteiger partial charge in [0, 0.05) is 11.2 Å². The van der Waals surface area contributed by atoms with E-state index in [2.05, 4.69) is 16.8 Å². The molecule has 2 aromatic carbocycles. The fourth-order valence-corrected chi connectivity index (χ4v) is 5.26. The molecule has 4 rings (SSSR count). The first-order valence-corrected chi connectivity index (χ1v) is 11.4. The molecule has 0 N–H and O–H groups in total. The standard InChI is InChI=1S/C23H20FN3O2S2/c1-3-12-27-21(13-29-19-10-6-5-9-17(19)24)25-26-23(27)30-14-18(28)22-15(2)16-8-4-7-11-20(16)31-22/h3-11H,1,12-14H2,2H3. The zero-order valence-electron chi connectivity index (χ0n) is 16.9. The third kappa shape index (κ3) is 4.55. The molecule has 0 bridgehead atoms. The summed E-state index contributed by atoms with van der Waals surface area (Å²) in [7, 11) is 0. The smallest absolute Gasteiger partial charge is 0.192 e. The second-order valence-corrected chi connectivity index (χ2v) is 8.78. The summed E-state index contributed by atoms with van der Waals surface area (Å²) < 4.78 is 22.3. The summed E-state index contributed by atoms with van der Waals surface area (Å²) in [5.74, 6) is 0.561. The molecule has 8 heteroatoms. The topological polar surface area (TPSA) is 57.0 Å². The highest BCUT2D eigenvalue weighted by Gasteiger charge is 2.18. The molecule has 0 saturated heterocycles. The van der Waals surface area contributed by atoms with Crippen molar-refractivity contribution in [1.29, 1.82) is 0 Å². The van der Waals surface area contributed by atoms with E-state index in [9.17, 15) is 9.18 Å². The summed E-state index contributed by atoms with van der Waals surface area (Å²) in [6.45, 7) is 6.28. The van der Waals surface area contributed by atoms with E-state index in [0.717, 1.165) is 20.5 Å². The third-order valence-electron chi connectivity index (χ3n) is 4.73. The van der Waals surface area contributed by atoms with Gasteiger partial charge < -0.3 is 4.74 Å². The maximum Gasteiger partial charge on any atom is 0.192 e. The van der Waals surface area contributed by atoms with Crippen molar-refractivity contribution in [3.05, 3.63) is 83.3 Å². The molecule has 5 nitrogen and oxygen atoms in total. The number of aryl methyl sites for hydroxylation is 1. The molecule has 0 aliphatic heterocycles. The third-order valence-corrected chi connectivity index (χ3v) is 7.01. The lowest BCUT2D eigenvalue weighted by atomic mass is 10.1.